The predicted octanol–water partition coefficient (Wildman–Crippen LogP) is 7.56. The summed E-state index contributed by atoms with van der Waals surface area (Å²) in [6, 6.07) is 17.9. The summed E-state index contributed by atoms with van der Waals surface area (Å²) < 4.78 is 2.48. The number of para-hydroxylation sites is 1. The number of fused-ring (bicyclic) bond motifs is 1. The average molecular weight is 493 g/mol. The summed E-state index contributed by atoms with van der Waals surface area (Å²) in [4.78, 5) is 13.4. The van der Waals surface area contributed by atoms with Crippen molar-refractivity contribution in [2.24, 2.45) is 17.6 Å². The van der Waals surface area contributed by atoms with E-state index in [1.54, 1.807) is 0 Å². The number of nitrogens with two attached hydrogens (primary N) is 1. The molecule has 2 N–H and O–H groups in total. The molecule has 0 radical (unpaired) electrons. The molecule has 1 unspecified atom stereocenters. The number of carbonyl (C=O) groups is 1. The van der Waals surface area contributed by atoms with Gasteiger partial charge in [-0.15, -0.1) is 12.4 Å². The molecule has 35 heavy (non-hydrogen) atoms. The Kier molecular flexibility index (Phi) is 8.73. The van der Waals surface area contributed by atoms with Gasteiger partial charge in [0.05, 0.1) is 0 Å². The van der Waals surface area contributed by atoms with Crippen LogP contribution in [0.3, 0.4) is 0 Å². The molecule has 2 saturated carbocycles. The van der Waals surface area contributed by atoms with Crippen molar-refractivity contribution < 1.29 is 4.79 Å². The number of nitrogens with zero attached hydrogens (tertiary/aromatic N) is 1. The van der Waals surface area contributed by atoms with Crippen LogP contribution >= 0.6 is 12.4 Å². The van der Waals surface area contributed by atoms with E-state index in [1.807, 2.05) is 0 Å². The minimum Gasteiger partial charge on any atom is -0.347 e. The minimum absolute atomic E-state index is 0. The number of benzene rings is 2. The van der Waals surface area contributed by atoms with Crippen LogP contribution in [0.25, 0.3) is 10.9 Å². The number of halogens is 1. The van der Waals surface area contributed by atoms with Gasteiger partial charge < -0.3 is 10.3 Å². The van der Waals surface area contributed by atoms with E-state index in [-0.39, 0.29) is 18.3 Å². The molecule has 4 heteroatoms. The smallest absolute Gasteiger partial charge is 0.134 e. The minimum atomic E-state index is 0. The Morgan fingerprint density at radius 1 is 0.971 bits per heavy atom. The fourth-order valence-electron chi connectivity index (χ4n) is 6.49. The van der Waals surface area contributed by atoms with Crippen LogP contribution in [0.15, 0.2) is 54.7 Å². The van der Waals surface area contributed by atoms with Gasteiger partial charge in [-0.25, -0.2) is 0 Å². The maximum Gasteiger partial charge on any atom is 0.134 e. The zero-order chi connectivity index (χ0) is 23.5. The molecule has 0 saturated heterocycles. The molecule has 0 spiro atoms. The summed E-state index contributed by atoms with van der Waals surface area (Å²) in [5.74, 6) is 1.79. The Bertz CT molecular complexity index is 1120. The van der Waals surface area contributed by atoms with Crippen LogP contribution in [0.4, 0.5) is 0 Å². The second-order valence-electron chi connectivity index (χ2n) is 11.1. The SMILES string of the molecule is Cc1cccc(C(CC(=O)CC2CCC(N)CC2)c2cn(CC3CCCC3)c3ccccc23)c1.Cl. The Hall–Kier alpha value is -2.10. The lowest BCUT2D eigenvalue weighted by molar-refractivity contribution is -0.120. The Labute approximate surface area is 216 Å². The van der Waals surface area contributed by atoms with Gasteiger partial charge in [-0.1, -0.05) is 60.9 Å². The molecule has 1 atom stereocenters. The summed E-state index contributed by atoms with van der Waals surface area (Å²) in [5.41, 5.74) is 11.3. The van der Waals surface area contributed by atoms with E-state index < -0.39 is 0 Å². The van der Waals surface area contributed by atoms with Crippen LogP contribution in [-0.4, -0.2) is 16.4 Å². The van der Waals surface area contributed by atoms with Gasteiger partial charge in [0.2, 0.25) is 0 Å². The molecule has 1 heterocycles. The van der Waals surface area contributed by atoms with Crippen molar-refractivity contribution in [2.75, 3.05) is 0 Å². The predicted molar refractivity (Wildman–Crippen MR) is 148 cm³/mol. The first kappa shape index (κ1) is 26.0. The van der Waals surface area contributed by atoms with Crippen LogP contribution in [0.2, 0.25) is 0 Å². The number of hydrogen-bond acceptors (Lipinski definition) is 2. The molecule has 0 aliphatic heterocycles. The van der Waals surface area contributed by atoms with Gasteiger partial charge in [-0.2, -0.15) is 0 Å². The maximum atomic E-state index is 13.4. The quantitative estimate of drug-likeness (QED) is 0.352. The number of rotatable bonds is 8. The van der Waals surface area contributed by atoms with E-state index in [9.17, 15) is 4.79 Å². The first-order valence-electron chi connectivity index (χ1n) is 13.5. The fraction of sp³-hybridized carbons (Fsp3) is 0.516. The van der Waals surface area contributed by atoms with E-state index in [0.717, 1.165) is 38.1 Å². The largest absolute Gasteiger partial charge is 0.347 e. The monoisotopic (exact) mass is 492 g/mol. The number of carbonyl (C=O) groups excluding carboxylic acids is 1. The topological polar surface area (TPSA) is 48.0 Å². The lowest BCUT2D eigenvalue weighted by Crippen LogP contribution is -2.27. The van der Waals surface area contributed by atoms with Gasteiger partial charge in [0.25, 0.3) is 0 Å². The van der Waals surface area contributed by atoms with Gasteiger partial charge in [0.15, 0.2) is 0 Å². The summed E-state index contributed by atoms with van der Waals surface area (Å²) in [6.07, 6.45) is 13.4. The third-order valence-corrected chi connectivity index (χ3v) is 8.41. The van der Waals surface area contributed by atoms with Gasteiger partial charge in [-0.05, 0) is 74.5 Å². The molecule has 2 aromatic carbocycles. The number of aryl methyl sites for hydroxylation is 1. The van der Waals surface area contributed by atoms with Crippen molar-refractivity contribution in [2.45, 2.75) is 89.6 Å². The lowest BCUT2D eigenvalue weighted by atomic mass is 9.80. The molecule has 3 aromatic rings. The first-order valence-corrected chi connectivity index (χ1v) is 13.5. The standard InChI is InChI=1S/C31H40N2O.ClH/c1-22-7-6-10-25(17-22)29(19-27(34)18-23-13-15-26(32)16-14-23)30-21-33(20-24-8-2-3-9-24)31-12-5-4-11-28(30)31;/h4-7,10-12,17,21,23-24,26,29H,2-3,8-9,13-16,18-20,32H2,1H3;1H. The molecular formula is C31H41ClN2O. The van der Waals surface area contributed by atoms with Crippen molar-refractivity contribution >= 4 is 29.1 Å². The normalized spacial score (nSPS) is 21.7. The molecule has 2 aliphatic carbocycles. The third kappa shape index (κ3) is 6.19. The number of aromatic nitrogens is 1. The molecule has 5 rings (SSSR count). The molecular weight excluding hydrogens is 452 g/mol. The van der Waals surface area contributed by atoms with Crippen molar-refractivity contribution in [3.63, 3.8) is 0 Å². The highest BCUT2D eigenvalue weighted by atomic mass is 35.5. The maximum absolute atomic E-state index is 13.4. The lowest BCUT2D eigenvalue weighted by Gasteiger charge is -2.26. The van der Waals surface area contributed by atoms with E-state index in [1.165, 1.54) is 53.3 Å². The van der Waals surface area contributed by atoms with E-state index in [4.69, 9.17) is 5.73 Å². The highest BCUT2D eigenvalue weighted by Crippen LogP contribution is 2.38. The molecule has 3 nitrogen and oxygen atoms in total. The van der Waals surface area contributed by atoms with Crippen molar-refractivity contribution in [1.29, 1.82) is 0 Å². The van der Waals surface area contributed by atoms with E-state index >= 15 is 0 Å². The third-order valence-electron chi connectivity index (χ3n) is 8.41. The van der Waals surface area contributed by atoms with Crippen LogP contribution in [-0.2, 0) is 11.3 Å². The average Bonchev–Trinajstić information content (AvgIpc) is 3.48. The Morgan fingerprint density at radius 2 is 1.71 bits per heavy atom. The van der Waals surface area contributed by atoms with Gasteiger partial charge in [-0.3, -0.25) is 4.79 Å². The number of Topliss-reactive ketones (excluding diaryl/α,β-unsaturated/α-hetero) is 1. The van der Waals surface area contributed by atoms with Crippen LogP contribution in [0.5, 0.6) is 0 Å². The van der Waals surface area contributed by atoms with Gasteiger partial charge in [0, 0.05) is 48.4 Å². The zero-order valence-corrected chi connectivity index (χ0v) is 21.9. The second kappa shape index (κ2) is 11.8. The Balaban J connectivity index is 0.00000289. The molecule has 0 amide bonds. The molecule has 2 aliphatic rings. The number of hydrogen-bond donors (Lipinski definition) is 1. The summed E-state index contributed by atoms with van der Waals surface area (Å²) in [5, 5.41) is 1.31. The molecule has 188 valence electrons. The van der Waals surface area contributed by atoms with Crippen molar-refractivity contribution in [3.05, 3.63) is 71.4 Å². The zero-order valence-electron chi connectivity index (χ0n) is 21.1. The molecule has 2 fully saturated rings. The Morgan fingerprint density at radius 3 is 2.46 bits per heavy atom. The highest BCUT2D eigenvalue weighted by molar-refractivity contribution is 5.87. The summed E-state index contributed by atoms with van der Waals surface area (Å²) in [7, 11) is 0. The van der Waals surface area contributed by atoms with Crippen LogP contribution in [0, 0.1) is 18.8 Å². The van der Waals surface area contributed by atoms with Gasteiger partial charge in [0.1, 0.15) is 5.78 Å². The van der Waals surface area contributed by atoms with Crippen molar-refractivity contribution in [3.8, 4) is 0 Å². The fourth-order valence-corrected chi connectivity index (χ4v) is 6.49. The van der Waals surface area contributed by atoms with Crippen LogP contribution < -0.4 is 5.73 Å². The van der Waals surface area contributed by atoms with Crippen LogP contribution in [0.1, 0.15) is 86.8 Å². The van der Waals surface area contributed by atoms with E-state index in [2.05, 4.69) is 66.2 Å². The summed E-state index contributed by atoms with van der Waals surface area (Å²) in [6.45, 7) is 3.24. The summed E-state index contributed by atoms with van der Waals surface area (Å²) >= 11 is 0. The molecule has 0 bridgehead atoms. The van der Waals surface area contributed by atoms with Gasteiger partial charge >= 0.3 is 0 Å². The first-order chi connectivity index (χ1) is 16.6. The number of ketones is 1. The molecule has 1 aromatic heterocycles. The van der Waals surface area contributed by atoms with Crippen molar-refractivity contribution in [1.82, 2.24) is 4.57 Å². The second-order valence-corrected chi connectivity index (χ2v) is 11.1. The highest BCUT2D eigenvalue weighted by Gasteiger charge is 2.27. The van der Waals surface area contributed by atoms with E-state index in [0.29, 0.717) is 30.6 Å².